The monoisotopic (exact) mass is 414 g/mol. The van der Waals surface area contributed by atoms with Crippen LogP contribution in [0.4, 0.5) is 5.69 Å². The summed E-state index contributed by atoms with van der Waals surface area (Å²) in [6, 6.07) is 17.4. The first-order valence-corrected chi connectivity index (χ1v) is 10.4. The van der Waals surface area contributed by atoms with Gasteiger partial charge in [0.1, 0.15) is 0 Å². The lowest BCUT2D eigenvalue weighted by molar-refractivity contribution is -0.116. The van der Waals surface area contributed by atoms with Gasteiger partial charge in [0, 0.05) is 24.7 Å². The van der Waals surface area contributed by atoms with Crippen molar-refractivity contribution in [1.82, 2.24) is 4.72 Å². The third-order valence-electron chi connectivity index (χ3n) is 4.34. The Hall–Kier alpha value is -3.10. The first-order chi connectivity index (χ1) is 13.9. The lowest BCUT2D eigenvalue weighted by Crippen LogP contribution is -2.27. The van der Waals surface area contributed by atoms with Crippen molar-refractivity contribution in [3.63, 3.8) is 0 Å². The SMILES string of the molecule is COc1ccc(NC(=O)CCNS(=O)(=O)c2ccc3ccccc3c2)cc1OC. The molecule has 29 heavy (non-hydrogen) atoms. The van der Waals surface area contributed by atoms with Crippen molar-refractivity contribution in [2.75, 3.05) is 26.1 Å². The molecule has 0 saturated carbocycles. The van der Waals surface area contributed by atoms with Crippen LogP contribution in [0.25, 0.3) is 10.8 Å². The Morgan fingerprint density at radius 1 is 0.897 bits per heavy atom. The summed E-state index contributed by atoms with van der Waals surface area (Å²) in [5.41, 5.74) is 0.532. The van der Waals surface area contributed by atoms with Gasteiger partial charge in [-0.3, -0.25) is 4.79 Å². The van der Waals surface area contributed by atoms with Gasteiger partial charge in [0.15, 0.2) is 11.5 Å². The number of amides is 1. The number of fused-ring (bicyclic) bond motifs is 1. The minimum atomic E-state index is -3.71. The molecule has 3 aromatic carbocycles. The molecule has 3 rings (SSSR count). The third-order valence-corrected chi connectivity index (χ3v) is 5.80. The summed E-state index contributed by atoms with van der Waals surface area (Å²) in [6.07, 6.45) is -0.0127. The average Bonchev–Trinajstić information content (AvgIpc) is 2.73. The molecule has 0 atom stereocenters. The van der Waals surface area contributed by atoms with Crippen molar-refractivity contribution in [3.8, 4) is 11.5 Å². The summed E-state index contributed by atoms with van der Waals surface area (Å²) in [7, 11) is -0.676. The molecule has 0 unspecified atom stereocenters. The van der Waals surface area contributed by atoms with E-state index in [1.807, 2.05) is 24.3 Å². The minimum absolute atomic E-state index is 0.0127. The summed E-state index contributed by atoms with van der Waals surface area (Å²) in [4.78, 5) is 12.3. The van der Waals surface area contributed by atoms with E-state index in [0.717, 1.165) is 10.8 Å². The summed E-state index contributed by atoms with van der Waals surface area (Å²) in [5.74, 6) is 0.717. The zero-order valence-electron chi connectivity index (χ0n) is 16.1. The molecule has 0 aromatic heterocycles. The molecule has 0 heterocycles. The fourth-order valence-corrected chi connectivity index (χ4v) is 3.92. The van der Waals surface area contributed by atoms with Gasteiger partial charge in [-0.25, -0.2) is 13.1 Å². The van der Waals surface area contributed by atoms with Crippen molar-refractivity contribution >= 4 is 32.4 Å². The third kappa shape index (κ3) is 5.04. The maximum atomic E-state index is 12.5. The normalized spacial score (nSPS) is 11.2. The second kappa shape index (κ2) is 8.93. The van der Waals surface area contributed by atoms with Gasteiger partial charge in [-0.1, -0.05) is 30.3 Å². The fourth-order valence-electron chi connectivity index (χ4n) is 2.85. The van der Waals surface area contributed by atoms with Gasteiger partial charge >= 0.3 is 0 Å². The number of hydrogen-bond acceptors (Lipinski definition) is 5. The number of rotatable bonds is 8. The Bertz CT molecular complexity index is 1130. The molecule has 152 valence electrons. The van der Waals surface area contributed by atoms with Gasteiger partial charge < -0.3 is 14.8 Å². The van der Waals surface area contributed by atoms with Crippen molar-refractivity contribution in [1.29, 1.82) is 0 Å². The van der Waals surface area contributed by atoms with Crippen LogP contribution in [0, 0.1) is 0 Å². The molecular weight excluding hydrogens is 392 g/mol. The highest BCUT2D eigenvalue weighted by Gasteiger charge is 2.15. The molecule has 0 aliphatic carbocycles. The van der Waals surface area contributed by atoms with E-state index in [0.29, 0.717) is 17.2 Å². The first-order valence-electron chi connectivity index (χ1n) is 8.93. The van der Waals surface area contributed by atoms with Gasteiger partial charge in [-0.05, 0) is 35.0 Å². The van der Waals surface area contributed by atoms with E-state index in [1.165, 1.54) is 14.2 Å². The Labute approximate surface area is 169 Å². The molecule has 0 saturated heterocycles. The quantitative estimate of drug-likeness (QED) is 0.591. The van der Waals surface area contributed by atoms with Crippen LogP contribution >= 0.6 is 0 Å². The maximum absolute atomic E-state index is 12.5. The second-order valence-corrected chi connectivity index (χ2v) is 8.04. The van der Waals surface area contributed by atoms with E-state index in [1.54, 1.807) is 36.4 Å². The van der Waals surface area contributed by atoms with E-state index in [9.17, 15) is 13.2 Å². The highest BCUT2D eigenvalue weighted by molar-refractivity contribution is 7.89. The number of ether oxygens (including phenoxy) is 2. The second-order valence-electron chi connectivity index (χ2n) is 6.27. The van der Waals surface area contributed by atoms with Gasteiger partial charge in [-0.15, -0.1) is 0 Å². The van der Waals surface area contributed by atoms with E-state index in [4.69, 9.17) is 9.47 Å². The molecule has 0 spiro atoms. The molecule has 0 bridgehead atoms. The van der Waals surface area contributed by atoms with Gasteiger partial charge in [0.25, 0.3) is 0 Å². The standard InChI is InChI=1S/C21H22N2O5S/c1-27-19-10-8-17(14-20(19)28-2)23-21(24)11-12-22-29(25,26)18-9-7-15-5-3-4-6-16(15)13-18/h3-10,13-14,22H,11-12H2,1-2H3,(H,23,24). The van der Waals surface area contributed by atoms with E-state index in [2.05, 4.69) is 10.0 Å². The summed E-state index contributed by atoms with van der Waals surface area (Å²) >= 11 is 0. The van der Waals surface area contributed by atoms with Gasteiger partial charge in [0.2, 0.25) is 15.9 Å². The van der Waals surface area contributed by atoms with E-state index < -0.39 is 10.0 Å². The lowest BCUT2D eigenvalue weighted by atomic mass is 10.1. The van der Waals surface area contributed by atoms with Crippen LogP contribution in [-0.4, -0.2) is 35.1 Å². The number of nitrogens with one attached hydrogen (secondary N) is 2. The smallest absolute Gasteiger partial charge is 0.240 e. The number of benzene rings is 3. The van der Waals surface area contributed by atoms with Crippen LogP contribution in [0.1, 0.15) is 6.42 Å². The summed E-state index contributed by atoms with van der Waals surface area (Å²) in [6.45, 7) is -0.0196. The highest BCUT2D eigenvalue weighted by atomic mass is 32.2. The van der Waals surface area contributed by atoms with Gasteiger partial charge in [0.05, 0.1) is 19.1 Å². The zero-order valence-corrected chi connectivity index (χ0v) is 17.0. The lowest BCUT2D eigenvalue weighted by Gasteiger charge is -2.11. The van der Waals surface area contributed by atoms with E-state index in [-0.39, 0.29) is 23.8 Å². The summed E-state index contributed by atoms with van der Waals surface area (Å²) in [5, 5.41) is 4.50. The van der Waals surface area contributed by atoms with Crippen LogP contribution in [0.15, 0.2) is 65.6 Å². The Balaban J connectivity index is 1.58. The number of carbonyl (C=O) groups excluding carboxylic acids is 1. The van der Waals surface area contributed by atoms with Crippen LogP contribution in [0.3, 0.4) is 0 Å². The Morgan fingerprint density at radius 2 is 1.62 bits per heavy atom. The van der Waals surface area contributed by atoms with Crippen LogP contribution in [0.2, 0.25) is 0 Å². The minimum Gasteiger partial charge on any atom is -0.493 e. The van der Waals surface area contributed by atoms with Gasteiger partial charge in [-0.2, -0.15) is 0 Å². The Kier molecular flexibility index (Phi) is 6.36. The maximum Gasteiger partial charge on any atom is 0.240 e. The molecule has 3 aromatic rings. The molecule has 1 amide bonds. The summed E-state index contributed by atoms with van der Waals surface area (Å²) < 4.78 is 37.8. The Morgan fingerprint density at radius 3 is 2.34 bits per heavy atom. The highest BCUT2D eigenvalue weighted by Crippen LogP contribution is 2.29. The van der Waals surface area contributed by atoms with Crippen LogP contribution < -0.4 is 19.5 Å². The van der Waals surface area contributed by atoms with Crippen molar-refractivity contribution < 1.29 is 22.7 Å². The largest absolute Gasteiger partial charge is 0.493 e. The molecular formula is C21H22N2O5S. The molecule has 0 fully saturated rings. The number of sulfonamides is 1. The number of carbonyl (C=O) groups is 1. The van der Waals surface area contributed by atoms with Crippen LogP contribution in [0.5, 0.6) is 11.5 Å². The predicted molar refractivity (Wildman–Crippen MR) is 112 cm³/mol. The van der Waals surface area contributed by atoms with E-state index >= 15 is 0 Å². The van der Waals surface area contributed by atoms with Crippen molar-refractivity contribution in [2.24, 2.45) is 0 Å². The number of methoxy groups -OCH3 is 2. The van der Waals surface area contributed by atoms with Crippen LogP contribution in [-0.2, 0) is 14.8 Å². The average molecular weight is 414 g/mol. The molecule has 0 aliphatic heterocycles. The zero-order chi connectivity index (χ0) is 20.9. The first kappa shape index (κ1) is 20.6. The number of anilines is 1. The molecule has 2 N–H and O–H groups in total. The predicted octanol–water partition coefficient (Wildman–Crippen LogP) is 3.16. The fraction of sp³-hybridized carbons (Fsp3) is 0.190. The number of hydrogen-bond donors (Lipinski definition) is 2. The molecule has 0 aliphatic rings. The molecule has 7 nitrogen and oxygen atoms in total. The topological polar surface area (TPSA) is 93.7 Å². The molecule has 8 heteroatoms. The van der Waals surface area contributed by atoms with Crippen molar-refractivity contribution in [3.05, 3.63) is 60.7 Å². The molecule has 0 radical (unpaired) electrons. The van der Waals surface area contributed by atoms with Crippen molar-refractivity contribution in [2.45, 2.75) is 11.3 Å².